The molecule has 0 aliphatic heterocycles. The van der Waals surface area contributed by atoms with Gasteiger partial charge < -0.3 is 10.0 Å². The Morgan fingerprint density at radius 1 is 1.00 bits per heavy atom. The molecule has 3 rings (SSSR count). The summed E-state index contributed by atoms with van der Waals surface area (Å²) in [5.74, 6) is 0.0112. The van der Waals surface area contributed by atoms with Crippen molar-refractivity contribution >= 4 is 18.4 Å². The maximum Gasteiger partial charge on any atom is 0.488 e. The van der Waals surface area contributed by atoms with Gasteiger partial charge in [0, 0.05) is 11.1 Å². The maximum atomic E-state index is 12.3. The van der Waals surface area contributed by atoms with Crippen LogP contribution in [-0.4, -0.2) is 22.9 Å². The van der Waals surface area contributed by atoms with Gasteiger partial charge in [-0.3, -0.25) is 4.79 Å². The molecule has 18 heavy (non-hydrogen) atoms. The summed E-state index contributed by atoms with van der Waals surface area (Å²) in [5, 5.41) is 18.4. The number of aryl methyl sites for hydroxylation is 1. The molecule has 88 valence electrons. The molecule has 0 amide bonds. The number of ketones is 1. The third kappa shape index (κ3) is 1.43. The molecule has 0 atom stereocenters. The highest BCUT2D eigenvalue weighted by molar-refractivity contribution is 6.58. The van der Waals surface area contributed by atoms with E-state index in [1.54, 1.807) is 18.2 Å². The summed E-state index contributed by atoms with van der Waals surface area (Å²) in [6.45, 7) is 1.91. The molecule has 4 heteroatoms. The summed E-state index contributed by atoms with van der Waals surface area (Å²) in [6.07, 6.45) is 0. The first-order chi connectivity index (χ1) is 8.59. The van der Waals surface area contributed by atoms with E-state index >= 15 is 0 Å². The van der Waals surface area contributed by atoms with Crippen LogP contribution in [-0.2, 0) is 0 Å². The minimum Gasteiger partial charge on any atom is -0.423 e. The van der Waals surface area contributed by atoms with Gasteiger partial charge in [0.25, 0.3) is 0 Å². The molecule has 1 aliphatic carbocycles. The van der Waals surface area contributed by atoms with Crippen LogP contribution < -0.4 is 5.46 Å². The Balaban J connectivity index is 2.30. The van der Waals surface area contributed by atoms with Crippen LogP contribution >= 0.6 is 0 Å². The fraction of sp³-hybridized carbons (Fsp3) is 0.0714. The summed E-state index contributed by atoms with van der Waals surface area (Å²) >= 11 is 0. The van der Waals surface area contributed by atoms with Gasteiger partial charge in [-0.15, -0.1) is 0 Å². The van der Waals surface area contributed by atoms with Gasteiger partial charge in [0.15, 0.2) is 5.78 Å². The standard InChI is InChI=1S/C14H11BO3/c1-8-3-2-4-10-12-7-9(15(17)18)5-6-11(12)14(16)13(8)10/h2-7,17-18H,1H3. The van der Waals surface area contributed by atoms with E-state index in [4.69, 9.17) is 0 Å². The van der Waals surface area contributed by atoms with Crippen LogP contribution in [0.1, 0.15) is 21.5 Å². The maximum absolute atomic E-state index is 12.3. The van der Waals surface area contributed by atoms with Gasteiger partial charge in [-0.1, -0.05) is 36.4 Å². The van der Waals surface area contributed by atoms with Crippen molar-refractivity contribution in [3.63, 3.8) is 0 Å². The average Bonchev–Trinajstić information content (AvgIpc) is 2.64. The highest BCUT2D eigenvalue weighted by atomic mass is 16.4. The van der Waals surface area contributed by atoms with E-state index in [2.05, 4.69) is 0 Å². The Hall–Kier alpha value is -1.91. The topological polar surface area (TPSA) is 57.5 Å². The number of hydrogen-bond acceptors (Lipinski definition) is 3. The zero-order chi connectivity index (χ0) is 12.9. The number of fused-ring (bicyclic) bond motifs is 3. The first kappa shape index (κ1) is 11.2. The van der Waals surface area contributed by atoms with Crippen molar-refractivity contribution in [2.45, 2.75) is 6.92 Å². The van der Waals surface area contributed by atoms with Crippen molar-refractivity contribution in [3.8, 4) is 11.1 Å². The summed E-state index contributed by atoms with van der Waals surface area (Å²) in [5.41, 5.74) is 4.35. The zero-order valence-electron chi connectivity index (χ0n) is 9.84. The van der Waals surface area contributed by atoms with E-state index in [0.717, 1.165) is 22.3 Å². The number of carbonyl (C=O) groups excluding carboxylic acids is 1. The molecule has 0 aromatic heterocycles. The molecule has 0 spiro atoms. The van der Waals surface area contributed by atoms with Gasteiger partial charge in [0.05, 0.1) is 0 Å². The van der Waals surface area contributed by atoms with Gasteiger partial charge in [-0.25, -0.2) is 0 Å². The van der Waals surface area contributed by atoms with Crippen molar-refractivity contribution in [3.05, 3.63) is 53.1 Å². The van der Waals surface area contributed by atoms with Crippen LogP contribution in [0.4, 0.5) is 0 Å². The molecule has 2 N–H and O–H groups in total. The Labute approximate surface area is 105 Å². The van der Waals surface area contributed by atoms with E-state index in [-0.39, 0.29) is 5.78 Å². The van der Waals surface area contributed by atoms with Gasteiger partial charge in [-0.05, 0) is 29.1 Å². The van der Waals surface area contributed by atoms with Crippen molar-refractivity contribution in [1.29, 1.82) is 0 Å². The molecule has 0 saturated heterocycles. The van der Waals surface area contributed by atoms with Gasteiger partial charge >= 0.3 is 7.12 Å². The van der Waals surface area contributed by atoms with Crippen molar-refractivity contribution < 1.29 is 14.8 Å². The van der Waals surface area contributed by atoms with Crippen LogP contribution in [0, 0.1) is 6.92 Å². The second kappa shape index (κ2) is 3.80. The first-order valence-electron chi connectivity index (χ1n) is 5.74. The lowest BCUT2D eigenvalue weighted by Crippen LogP contribution is -2.29. The zero-order valence-corrected chi connectivity index (χ0v) is 9.84. The summed E-state index contributed by atoms with van der Waals surface area (Å²) in [7, 11) is -1.51. The molecule has 0 unspecified atom stereocenters. The normalized spacial score (nSPS) is 12.3. The molecule has 2 aromatic carbocycles. The van der Waals surface area contributed by atoms with E-state index in [0.29, 0.717) is 11.0 Å². The third-order valence-corrected chi connectivity index (χ3v) is 3.38. The molecule has 0 fully saturated rings. The molecule has 0 saturated carbocycles. The minimum atomic E-state index is -1.51. The van der Waals surface area contributed by atoms with Crippen molar-refractivity contribution in [2.75, 3.05) is 0 Å². The molecule has 2 aromatic rings. The summed E-state index contributed by atoms with van der Waals surface area (Å²) in [4.78, 5) is 12.3. The fourth-order valence-electron chi connectivity index (χ4n) is 2.47. The Bertz CT molecular complexity index is 662. The van der Waals surface area contributed by atoms with Crippen LogP contribution in [0.2, 0.25) is 0 Å². The number of carbonyl (C=O) groups is 1. The third-order valence-electron chi connectivity index (χ3n) is 3.38. The minimum absolute atomic E-state index is 0.0112. The molecule has 0 bridgehead atoms. The Morgan fingerprint density at radius 2 is 1.78 bits per heavy atom. The molecular formula is C14H11BO3. The molecule has 0 radical (unpaired) electrons. The monoisotopic (exact) mass is 238 g/mol. The van der Waals surface area contributed by atoms with Crippen LogP contribution in [0.3, 0.4) is 0 Å². The highest BCUT2D eigenvalue weighted by Crippen LogP contribution is 2.37. The predicted molar refractivity (Wildman–Crippen MR) is 69.9 cm³/mol. The van der Waals surface area contributed by atoms with Gasteiger partial charge in [-0.2, -0.15) is 0 Å². The van der Waals surface area contributed by atoms with Crippen LogP contribution in [0.5, 0.6) is 0 Å². The van der Waals surface area contributed by atoms with Crippen LogP contribution in [0.15, 0.2) is 36.4 Å². The van der Waals surface area contributed by atoms with E-state index in [1.807, 2.05) is 25.1 Å². The fourth-order valence-corrected chi connectivity index (χ4v) is 2.47. The second-order valence-corrected chi connectivity index (χ2v) is 4.51. The second-order valence-electron chi connectivity index (χ2n) is 4.51. The van der Waals surface area contributed by atoms with Gasteiger partial charge in [0.2, 0.25) is 0 Å². The van der Waals surface area contributed by atoms with E-state index < -0.39 is 7.12 Å². The van der Waals surface area contributed by atoms with Crippen LogP contribution in [0.25, 0.3) is 11.1 Å². The van der Waals surface area contributed by atoms with Crippen molar-refractivity contribution in [2.24, 2.45) is 0 Å². The lowest BCUT2D eigenvalue weighted by molar-refractivity contribution is 0.104. The van der Waals surface area contributed by atoms with E-state index in [9.17, 15) is 14.8 Å². The highest BCUT2D eigenvalue weighted by Gasteiger charge is 2.28. The van der Waals surface area contributed by atoms with Crippen molar-refractivity contribution in [1.82, 2.24) is 0 Å². The van der Waals surface area contributed by atoms with Gasteiger partial charge in [0.1, 0.15) is 0 Å². The molecular weight excluding hydrogens is 227 g/mol. The van der Waals surface area contributed by atoms with E-state index in [1.165, 1.54) is 0 Å². The lowest BCUT2D eigenvalue weighted by atomic mass is 9.79. The Morgan fingerprint density at radius 3 is 2.50 bits per heavy atom. The number of hydrogen-bond donors (Lipinski definition) is 2. The summed E-state index contributed by atoms with van der Waals surface area (Å²) < 4.78 is 0. The first-order valence-corrected chi connectivity index (χ1v) is 5.74. The molecule has 3 nitrogen and oxygen atoms in total. The molecule has 1 aliphatic rings. The predicted octanol–water partition coefficient (Wildman–Crippen LogP) is 0.886. The largest absolute Gasteiger partial charge is 0.488 e. The summed E-state index contributed by atoms with van der Waals surface area (Å²) in [6, 6.07) is 10.6. The Kier molecular flexibility index (Phi) is 2.36. The average molecular weight is 238 g/mol. The number of rotatable bonds is 1. The lowest BCUT2D eigenvalue weighted by Gasteiger charge is -2.04. The quantitative estimate of drug-likeness (QED) is 0.619. The SMILES string of the molecule is Cc1cccc2c1C(=O)c1ccc(B(O)O)cc1-2. The molecule has 0 heterocycles. The smallest absolute Gasteiger partial charge is 0.423 e. The number of benzene rings is 2.